The van der Waals surface area contributed by atoms with Crippen molar-refractivity contribution < 1.29 is 0 Å². The molecule has 1 N–H and O–H groups in total. The summed E-state index contributed by atoms with van der Waals surface area (Å²) in [4.78, 5) is 0. The normalized spacial score (nSPS) is 12.4. The van der Waals surface area contributed by atoms with E-state index in [-0.39, 0.29) is 0 Å². The third kappa shape index (κ3) is 5.93. The first-order chi connectivity index (χ1) is 5.70. The van der Waals surface area contributed by atoms with E-state index in [1.54, 1.807) is 0 Å². The van der Waals surface area contributed by atoms with E-state index >= 15 is 0 Å². The summed E-state index contributed by atoms with van der Waals surface area (Å²) in [5, 5.41) is 3.27. The smallest absolute Gasteiger partial charge is 0.0202 e. The van der Waals surface area contributed by atoms with Crippen molar-refractivity contribution in [3.63, 3.8) is 0 Å². The summed E-state index contributed by atoms with van der Waals surface area (Å²) in [6, 6.07) is 0. The number of hydrogen-bond acceptors (Lipinski definition) is 1. The molecular formula is C11H19N. The minimum Gasteiger partial charge on any atom is -0.313 e. The van der Waals surface area contributed by atoms with E-state index in [4.69, 9.17) is 0 Å². The van der Waals surface area contributed by atoms with Gasteiger partial charge in [-0.05, 0) is 26.0 Å². The predicted octanol–water partition coefficient (Wildman–Crippen LogP) is 2.67. The number of rotatable bonds is 5. The van der Waals surface area contributed by atoms with E-state index in [1.165, 1.54) is 5.57 Å². The molecule has 0 saturated heterocycles. The number of likely N-dealkylation sites (N-methyl/N-ethyl adjacent to an activating group) is 1. The molecule has 1 heteroatoms. The van der Waals surface area contributed by atoms with E-state index < -0.39 is 0 Å². The second-order valence-electron chi connectivity index (χ2n) is 2.82. The molecule has 0 fully saturated rings. The Morgan fingerprint density at radius 1 is 1.42 bits per heavy atom. The number of nitrogens with one attached hydrogen (secondary N) is 1. The van der Waals surface area contributed by atoms with Crippen LogP contribution in [0.2, 0.25) is 0 Å². The third-order valence-corrected chi connectivity index (χ3v) is 1.53. The highest BCUT2D eigenvalue weighted by Gasteiger charge is 1.87. The fraction of sp³-hybridized carbons (Fsp3) is 0.455. The minimum atomic E-state index is 0.941. The quantitative estimate of drug-likeness (QED) is 0.618. The van der Waals surface area contributed by atoms with Crippen molar-refractivity contribution >= 4 is 0 Å². The van der Waals surface area contributed by atoms with Gasteiger partial charge in [0.05, 0.1) is 0 Å². The van der Waals surface area contributed by atoms with Crippen LogP contribution in [0.3, 0.4) is 0 Å². The zero-order chi connectivity index (χ0) is 9.40. The first kappa shape index (κ1) is 11.2. The number of hydrogen-bond donors (Lipinski definition) is 1. The SMILES string of the molecule is C=C(C)/C=C\C(=CC)CNCC. The lowest BCUT2D eigenvalue weighted by atomic mass is 10.2. The van der Waals surface area contributed by atoms with Crippen LogP contribution in [0.5, 0.6) is 0 Å². The third-order valence-electron chi connectivity index (χ3n) is 1.53. The lowest BCUT2D eigenvalue weighted by Gasteiger charge is -2.01. The van der Waals surface area contributed by atoms with E-state index in [2.05, 4.69) is 37.9 Å². The van der Waals surface area contributed by atoms with Gasteiger partial charge in [0.2, 0.25) is 0 Å². The molecule has 0 aliphatic rings. The van der Waals surface area contributed by atoms with Crippen molar-refractivity contribution in [1.29, 1.82) is 0 Å². The molecule has 0 amide bonds. The summed E-state index contributed by atoms with van der Waals surface area (Å²) in [6.07, 6.45) is 6.25. The summed E-state index contributed by atoms with van der Waals surface area (Å²) in [5.74, 6) is 0. The fourth-order valence-electron chi connectivity index (χ4n) is 0.776. The zero-order valence-corrected chi connectivity index (χ0v) is 8.35. The molecular weight excluding hydrogens is 146 g/mol. The molecule has 0 saturated carbocycles. The Bertz CT molecular complexity index is 187. The Morgan fingerprint density at radius 3 is 2.50 bits per heavy atom. The van der Waals surface area contributed by atoms with Crippen molar-refractivity contribution in [1.82, 2.24) is 5.32 Å². The van der Waals surface area contributed by atoms with E-state index in [9.17, 15) is 0 Å². The molecule has 0 aliphatic carbocycles. The van der Waals surface area contributed by atoms with Gasteiger partial charge in [-0.25, -0.2) is 0 Å². The van der Waals surface area contributed by atoms with Gasteiger partial charge in [0, 0.05) is 6.54 Å². The highest BCUT2D eigenvalue weighted by molar-refractivity contribution is 5.25. The van der Waals surface area contributed by atoms with Crippen molar-refractivity contribution in [3.05, 3.63) is 36.0 Å². The second kappa shape index (κ2) is 6.86. The van der Waals surface area contributed by atoms with Gasteiger partial charge in [-0.3, -0.25) is 0 Å². The van der Waals surface area contributed by atoms with Crippen LogP contribution >= 0.6 is 0 Å². The Labute approximate surface area is 75.9 Å². The van der Waals surface area contributed by atoms with Crippen LogP contribution < -0.4 is 5.32 Å². The standard InChI is InChI=1S/C11H19N/c1-5-11(9-12-6-2)8-7-10(3)4/h5,7-8,12H,3,6,9H2,1-2,4H3/b8-7-,11-5?. The molecule has 0 aromatic heterocycles. The van der Waals surface area contributed by atoms with Crippen molar-refractivity contribution in [2.24, 2.45) is 0 Å². The highest BCUT2D eigenvalue weighted by Crippen LogP contribution is 1.98. The summed E-state index contributed by atoms with van der Waals surface area (Å²) < 4.78 is 0. The predicted molar refractivity (Wildman–Crippen MR) is 56.3 cm³/mol. The van der Waals surface area contributed by atoms with Crippen LogP contribution in [-0.4, -0.2) is 13.1 Å². The van der Waals surface area contributed by atoms with Gasteiger partial charge in [-0.2, -0.15) is 0 Å². The van der Waals surface area contributed by atoms with Gasteiger partial charge in [-0.1, -0.05) is 37.3 Å². The molecule has 1 nitrogen and oxygen atoms in total. The molecule has 0 bridgehead atoms. The average molecular weight is 165 g/mol. The monoisotopic (exact) mass is 165 g/mol. The lowest BCUT2D eigenvalue weighted by Crippen LogP contribution is -2.15. The minimum absolute atomic E-state index is 0.941. The van der Waals surface area contributed by atoms with E-state index in [0.29, 0.717) is 0 Å². The van der Waals surface area contributed by atoms with Crippen molar-refractivity contribution in [3.8, 4) is 0 Å². The Kier molecular flexibility index (Phi) is 6.39. The lowest BCUT2D eigenvalue weighted by molar-refractivity contribution is 0.784. The highest BCUT2D eigenvalue weighted by atomic mass is 14.8. The van der Waals surface area contributed by atoms with Gasteiger partial charge in [0.15, 0.2) is 0 Å². The van der Waals surface area contributed by atoms with Crippen LogP contribution in [0.25, 0.3) is 0 Å². The van der Waals surface area contributed by atoms with Crippen molar-refractivity contribution in [2.75, 3.05) is 13.1 Å². The summed E-state index contributed by atoms with van der Waals surface area (Å²) in [7, 11) is 0. The van der Waals surface area contributed by atoms with Crippen LogP contribution in [0, 0.1) is 0 Å². The second-order valence-corrected chi connectivity index (χ2v) is 2.82. The Morgan fingerprint density at radius 2 is 2.08 bits per heavy atom. The Hall–Kier alpha value is -0.820. The van der Waals surface area contributed by atoms with Crippen LogP contribution in [0.15, 0.2) is 36.0 Å². The maximum Gasteiger partial charge on any atom is 0.0202 e. The van der Waals surface area contributed by atoms with Crippen LogP contribution in [-0.2, 0) is 0 Å². The van der Waals surface area contributed by atoms with Crippen molar-refractivity contribution in [2.45, 2.75) is 20.8 Å². The number of allylic oxidation sites excluding steroid dienone is 3. The molecule has 0 aliphatic heterocycles. The molecule has 68 valence electrons. The zero-order valence-electron chi connectivity index (χ0n) is 8.35. The fourth-order valence-corrected chi connectivity index (χ4v) is 0.776. The van der Waals surface area contributed by atoms with E-state index in [0.717, 1.165) is 18.7 Å². The maximum atomic E-state index is 3.81. The van der Waals surface area contributed by atoms with E-state index in [1.807, 2.05) is 13.0 Å². The molecule has 0 radical (unpaired) electrons. The topological polar surface area (TPSA) is 12.0 Å². The van der Waals surface area contributed by atoms with Gasteiger partial charge in [-0.15, -0.1) is 0 Å². The first-order valence-electron chi connectivity index (χ1n) is 4.40. The summed E-state index contributed by atoms with van der Waals surface area (Å²) in [5.41, 5.74) is 2.39. The maximum absolute atomic E-state index is 3.81. The summed E-state index contributed by atoms with van der Waals surface area (Å²) >= 11 is 0. The van der Waals surface area contributed by atoms with Crippen LogP contribution in [0.4, 0.5) is 0 Å². The van der Waals surface area contributed by atoms with Gasteiger partial charge < -0.3 is 5.32 Å². The van der Waals surface area contributed by atoms with Gasteiger partial charge in [0.1, 0.15) is 0 Å². The van der Waals surface area contributed by atoms with Gasteiger partial charge in [0.25, 0.3) is 0 Å². The van der Waals surface area contributed by atoms with Crippen LogP contribution in [0.1, 0.15) is 20.8 Å². The first-order valence-corrected chi connectivity index (χ1v) is 4.40. The molecule has 12 heavy (non-hydrogen) atoms. The molecule has 0 spiro atoms. The molecule has 0 atom stereocenters. The molecule has 0 aromatic rings. The largest absolute Gasteiger partial charge is 0.313 e. The molecule has 0 heterocycles. The molecule has 0 unspecified atom stereocenters. The Balaban J connectivity index is 3.92. The summed E-state index contributed by atoms with van der Waals surface area (Å²) in [6.45, 7) is 11.9. The van der Waals surface area contributed by atoms with Gasteiger partial charge >= 0.3 is 0 Å². The molecule has 0 aromatic carbocycles. The molecule has 0 rings (SSSR count). The average Bonchev–Trinajstić information content (AvgIpc) is 2.05.